The van der Waals surface area contributed by atoms with Crippen molar-refractivity contribution < 1.29 is 23.8 Å². The van der Waals surface area contributed by atoms with Gasteiger partial charge >= 0.3 is 11.9 Å². The molecule has 0 unspecified atom stereocenters. The van der Waals surface area contributed by atoms with Gasteiger partial charge in [0.2, 0.25) is 0 Å². The lowest BCUT2D eigenvalue weighted by atomic mass is 10.0. The zero-order valence-corrected chi connectivity index (χ0v) is 43.1. The van der Waals surface area contributed by atoms with Crippen LogP contribution in [0.1, 0.15) is 290 Å². The van der Waals surface area contributed by atoms with Crippen molar-refractivity contribution in [3.05, 3.63) is 48.6 Å². The van der Waals surface area contributed by atoms with E-state index in [1.54, 1.807) is 0 Å². The Bertz CT molecular complexity index is 1060. The number of allylic oxidation sites excluding steroid dienone is 8. The van der Waals surface area contributed by atoms with Crippen LogP contribution in [-0.2, 0) is 23.8 Å². The zero-order valence-electron chi connectivity index (χ0n) is 43.1. The first-order valence-corrected chi connectivity index (χ1v) is 28.2. The van der Waals surface area contributed by atoms with E-state index in [9.17, 15) is 9.59 Å². The molecule has 0 fully saturated rings. The highest BCUT2D eigenvalue weighted by molar-refractivity contribution is 5.69. The van der Waals surface area contributed by atoms with Crippen LogP contribution in [0.4, 0.5) is 0 Å². The lowest BCUT2D eigenvalue weighted by molar-refractivity contribution is -0.155. The molecule has 0 spiro atoms. The van der Waals surface area contributed by atoms with Gasteiger partial charge in [-0.3, -0.25) is 9.59 Å². The number of carbonyl (C=O) groups is 2. The molecule has 0 rings (SSSR count). The first-order valence-electron chi connectivity index (χ1n) is 28.2. The maximum Gasteiger partial charge on any atom is 0.305 e. The van der Waals surface area contributed by atoms with E-state index in [2.05, 4.69) is 69.4 Å². The molecule has 0 aromatic rings. The molecule has 0 saturated carbocycles. The van der Waals surface area contributed by atoms with Crippen molar-refractivity contribution in [2.75, 3.05) is 19.8 Å². The van der Waals surface area contributed by atoms with Gasteiger partial charge in [0, 0.05) is 19.4 Å². The average Bonchev–Trinajstić information content (AvgIpc) is 3.30. The summed E-state index contributed by atoms with van der Waals surface area (Å²) in [7, 11) is 0. The predicted octanol–water partition coefficient (Wildman–Crippen LogP) is 19.1. The van der Waals surface area contributed by atoms with Crippen LogP contribution in [0.15, 0.2) is 48.6 Å². The van der Waals surface area contributed by atoms with Gasteiger partial charge in [-0.05, 0) is 64.2 Å². The summed E-state index contributed by atoms with van der Waals surface area (Å²) in [5, 5.41) is 0. The number of esters is 2. The zero-order chi connectivity index (χ0) is 46.3. The van der Waals surface area contributed by atoms with Gasteiger partial charge in [-0.1, -0.05) is 262 Å². The second kappa shape index (κ2) is 55.2. The van der Waals surface area contributed by atoms with E-state index in [1.165, 1.54) is 186 Å². The van der Waals surface area contributed by atoms with Crippen molar-refractivity contribution >= 4 is 11.9 Å². The molecule has 0 aromatic carbocycles. The van der Waals surface area contributed by atoms with Crippen molar-refractivity contribution in [2.45, 2.75) is 297 Å². The molecule has 64 heavy (non-hydrogen) atoms. The topological polar surface area (TPSA) is 61.8 Å². The molecule has 0 aliphatic heterocycles. The highest BCUT2D eigenvalue weighted by atomic mass is 16.6. The number of rotatable bonds is 52. The number of carbonyl (C=O) groups excluding carboxylic acids is 2. The fourth-order valence-electron chi connectivity index (χ4n) is 8.12. The summed E-state index contributed by atoms with van der Waals surface area (Å²) in [5.41, 5.74) is 0. The van der Waals surface area contributed by atoms with Gasteiger partial charge in [0.05, 0.1) is 0 Å². The van der Waals surface area contributed by atoms with Gasteiger partial charge in [0.25, 0.3) is 0 Å². The maximum atomic E-state index is 12.6. The van der Waals surface area contributed by atoms with Crippen molar-refractivity contribution in [1.82, 2.24) is 0 Å². The standard InChI is InChI=1S/C59H108O5/c1-4-7-10-13-16-19-22-25-27-29-30-31-32-35-38-41-44-47-50-53-59(61)64-56-57(55-63-58(60)52-49-46-43-40-37-34-24-21-18-15-12-9-6-3)62-54-51-48-45-42-39-36-33-28-26-23-20-17-14-11-8-5-2/h16,19,25,27,30-31,35,38,57H,4-15,17-18,20-24,26,28-29,32-34,36-37,39-56H2,1-3H3/b19-16-,27-25-,31-30-,38-35-/t57-/m0/s1. The van der Waals surface area contributed by atoms with Gasteiger partial charge in [0.1, 0.15) is 19.3 Å². The lowest BCUT2D eigenvalue weighted by Gasteiger charge is -2.18. The second-order valence-electron chi connectivity index (χ2n) is 18.8. The van der Waals surface area contributed by atoms with Crippen LogP contribution in [0, 0.1) is 0 Å². The highest BCUT2D eigenvalue weighted by Crippen LogP contribution is 2.16. The number of ether oxygens (including phenoxy) is 3. The van der Waals surface area contributed by atoms with E-state index in [4.69, 9.17) is 14.2 Å². The van der Waals surface area contributed by atoms with Gasteiger partial charge in [-0.25, -0.2) is 0 Å². The van der Waals surface area contributed by atoms with E-state index in [-0.39, 0.29) is 25.2 Å². The van der Waals surface area contributed by atoms with Crippen LogP contribution in [0.25, 0.3) is 0 Å². The average molecular weight is 898 g/mol. The summed E-state index contributed by atoms with van der Waals surface area (Å²) in [5.74, 6) is -0.355. The Kier molecular flexibility index (Phi) is 53.3. The lowest BCUT2D eigenvalue weighted by Crippen LogP contribution is -2.29. The smallest absolute Gasteiger partial charge is 0.305 e. The third-order valence-corrected chi connectivity index (χ3v) is 12.4. The van der Waals surface area contributed by atoms with E-state index >= 15 is 0 Å². The van der Waals surface area contributed by atoms with Crippen LogP contribution in [0.2, 0.25) is 0 Å². The molecule has 0 N–H and O–H groups in total. The molecule has 1 atom stereocenters. The third-order valence-electron chi connectivity index (χ3n) is 12.4. The van der Waals surface area contributed by atoms with Crippen molar-refractivity contribution in [2.24, 2.45) is 0 Å². The van der Waals surface area contributed by atoms with E-state index < -0.39 is 6.10 Å². The van der Waals surface area contributed by atoms with Gasteiger partial charge in [-0.15, -0.1) is 0 Å². The van der Waals surface area contributed by atoms with Crippen LogP contribution in [0.5, 0.6) is 0 Å². The Morgan fingerprint density at radius 3 is 0.953 bits per heavy atom. The SMILES string of the molecule is CCCCC/C=C\C/C=C\C/C=C\C/C=C\CCCCCC(=O)OC[C@H](COC(=O)CCCCCCCCCCCCCCC)OCCCCCCCCCCCCCCCCCC. The first kappa shape index (κ1) is 61.9. The second-order valence-corrected chi connectivity index (χ2v) is 18.8. The third kappa shape index (κ3) is 52.5. The van der Waals surface area contributed by atoms with Crippen LogP contribution < -0.4 is 0 Å². The molecule has 0 aliphatic carbocycles. The number of hydrogen-bond acceptors (Lipinski definition) is 5. The molecule has 0 heterocycles. The van der Waals surface area contributed by atoms with Crippen molar-refractivity contribution in [3.8, 4) is 0 Å². The Hall–Kier alpha value is -2.14. The van der Waals surface area contributed by atoms with Gasteiger partial charge in [-0.2, -0.15) is 0 Å². The summed E-state index contributed by atoms with van der Waals surface area (Å²) < 4.78 is 17.5. The Labute approximate surface area is 399 Å². The molecule has 0 saturated heterocycles. The summed E-state index contributed by atoms with van der Waals surface area (Å²) in [6.07, 6.45) is 68.6. The minimum atomic E-state index is -0.409. The molecule has 0 radical (unpaired) electrons. The molecular weight excluding hydrogens is 789 g/mol. The van der Waals surface area contributed by atoms with E-state index in [1.807, 2.05) is 0 Å². The minimum Gasteiger partial charge on any atom is -0.463 e. The molecule has 0 aromatic heterocycles. The van der Waals surface area contributed by atoms with E-state index in [0.717, 1.165) is 70.6 Å². The summed E-state index contributed by atoms with van der Waals surface area (Å²) >= 11 is 0. The fraction of sp³-hybridized carbons (Fsp3) is 0.831. The number of unbranched alkanes of at least 4 members (excludes halogenated alkanes) is 33. The van der Waals surface area contributed by atoms with Crippen LogP contribution in [-0.4, -0.2) is 37.9 Å². The highest BCUT2D eigenvalue weighted by Gasteiger charge is 2.16. The van der Waals surface area contributed by atoms with Gasteiger partial charge < -0.3 is 14.2 Å². The number of hydrogen-bond donors (Lipinski definition) is 0. The molecular formula is C59H108O5. The van der Waals surface area contributed by atoms with Crippen LogP contribution in [0.3, 0.4) is 0 Å². The normalized spacial score (nSPS) is 12.5. The Balaban J connectivity index is 4.28. The maximum absolute atomic E-state index is 12.6. The molecule has 5 nitrogen and oxygen atoms in total. The van der Waals surface area contributed by atoms with Crippen molar-refractivity contribution in [3.63, 3.8) is 0 Å². The molecule has 0 aliphatic rings. The van der Waals surface area contributed by atoms with Gasteiger partial charge in [0.15, 0.2) is 0 Å². The Morgan fingerprint density at radius 2 is 0.594 bits per heavy atom. The summed E-state index contributed by atoms with van der Waals surface area (Å²) in [6, 6.07) is 0. The molecule has 0 amide bonds. The minimum absolute atomic E-state index is 0.145. The summed E-state index contributed by atoms with van der Waals surface area (Å²) in [4.78, 5) is 25.3. The summed E-state index contributed by atoms with van der Waals surface area (Å²) in [6.45, 7) is 7.71. The molecule has 0 bridgehead atoms. The molecule has 5 heteroatoms. The predicted molar refractivity (Wildman–Crippen MR) is 279 cm³/mol. The first-order chi connectivity index (χ1) is 31.6. The Morgan fingerprint density at radius 1 is 0.328 bits per heavy atom. The van der Waals surface area contributed by atoms with E-state index in [0.29, 0.717) is 19.4 Å². The van der Waals surface area contributed by atoms with Crippen molar-refractivity contribution in [1.29, 1.82) is 0 Å². The van der Waals surface area contributed by atoms with Crippen LogP contribution >= 0.6 is 0 Å². The quantitative estimate of drug-likeness (QED) is 0.0346. The molecule has 374 valence electrons. The fourth-order valence-corrected chi connectivity index (χ4v) is 8.12. The monoisotopic (exact) mass is 897 g/mol. The largest absolute Gasteiger partial charge is 0.463 e.